The molecular weight excluding hydrogens is 236 g/mol. The average molecular weight is 254 g/mol. The third kappa shape index (κ3) is 2.65. The number of nitrogens with two attached hydrogens (primary N) is 1. The summed E-state index contributed by atoms with van der Waals surface area (Å²) >= 11 is 0. The van der Waals surface area contributed by atoms with Crippen LogP contribution in [-0.4, -0.2) is 10.9 Å². The van der Waals surface area contributed by atoms with Crippen LogP contribution in [-0.2, 0) is 16.6 Å². The quantitative estimate of drug-likeness (QED) is 0.891. The van der Waals surface area contributed by atoms with E-state index < -0.39 is 5.41 Å². The minimum Gasteiger partial charge on any atom is -0.369 e. The van der Waals surface area contributed by atoms with E-state index in [4.69, 9.17) is 5.73 Å². The van der Waals surface area contributed by atoms with Gasteiger partial charge in [0.2, 0.25) is 5.91 Å². The van der Waals surface area contributed by atoms with Crippen molar-refractivity contribution in [2.24, 2.45) is 5.73 Å². The van der Waals surface area contributed by atoms with Gasteiger partial charge in [0.1, 0.15) is 0 Å². The summed E-state index contributed by atoms with van der Waals surface area (Å²) < 4.78 is 0. The molecule has 1 aromatic carbocycles. The Labute approximate surface area is 113 Å². The summed E-state index contributed by atoms with van der Waals surface area (Å²) in [5.74, 6) is -0.287. The van der Waals surface area contributed by atoms with Gasteiger partial charge >= 0.3 is 0 Å². The zero-order valence-electron chi connectivity index (χ0n) is 11.0. The first-order chi connectivity index (χ1) is 9.19. The number of rotatable bonds is 5. The van der Waals surface area contributed by atoms with Crippen LogP contribution in [0.25, 0.3) is 0 Å². The molecule has 0 fully saturated rings. The molecule has 1 atom stereocenters. The highest BCUT2D eigenvalue weighted by atomic mass is 16.1. The predicted octanol–water partition coefficient (Wildman–Crippen LogP) is 2.46. The summed E-state index contributed by atoms with van der Waals surface area (Å²) in [4.78, 5) is 16.1. The van der Waals surface area contributed by atoms with Crippen molar-refractivity contribution in [2.45, 2.75) is 25.2 Å². The number of pyridine rings is 1. The summed E-state index contributed by atoms with van der Waals surface area (Å²) in [6, 6.07) is 13.7. The molecule has 0 saturated heterocycles. The van der Waals surface area contributed by atoms with Gasteiger partial charge in [-0.2, -0.15) is 0 Å². The molecule has 1 unspecified atom stereocenters. The molecule has 0 aliphatic carbocycles. The molecule has 1 aromatic heterocycles. The SMILES string of the molecule is CCC(Cc1ccccc1)(C(N)=O)c1ccncc1. The lowest BCUT2D eigenvalue weighted by molar-refractivity contribution is -0.123. The lowest BCUT2D eigenvalue weighted by Gasteiger charge is -2.30. The fraction of sp³-hybridized carbons (Fsp3) is 0.250. The molecule has 2 N–H and O–H groups in total. The van der Waals surface area contributed by atoms with Crippen molar-refractivity contribution < 1.29 is 4.79 Å². The highest BCUT2D eigenvalue weighted by Gasteiger charge is 2.36. The maximum Gasteiger partial charge on any atom is 0.228 e. The van der Waals surface area contributed by atoms with Gasteiger partial charge in [-0.3, -0.25) is 9.78 Å². The maximum absolute atomic E-state index is 12.1. The van der Waals surface area contributed by atoms with Gasteiger partial charge in [-0.15, -0.1) is 0 Å². The minimum atomic E-state index is -0.662. The van der Waals surface area contributed by atoms with Crippen LogP contribution in [0.1, 0.15) is 24.5 Å². The lowest BCUT2D eigenvalue weighted by Crippen LogP contribution is -2.42. The Hall–Kier alpha value is -2.16. The van der Waals surface area contributed by atoms with E-state index in [0.29, 0.717) is 12.8 Å². The third-order valence-electron chi connectivity index (χ3n) is 3.66. The standard InChI is InChI=1S/C16H18N2O/c1-2-16(15(17)19,14-8-10-18-11-9-14)12-13-6-4-3-5-7-13/h3-11H,2,12H2,1H3,(H2,17,19). The topological polar surface area (TPSA) is 56.0 Å². The van der Waals surface area contributed by atoms with E-state index in [1.165, 1.54) is 0 Å². The number of nitrogens with zero attached hydrogens (tertiary/aromatic N) is 1. The molecule has 0 aliphatic rings. The Bertz CT molecular complexity index is 539. The number of aromatic nitrogens is 1. The second-order valence-corrected chi connectivity index (χ2v) is 4.70. The van der Waals surface area contributed by atoms with Crippen molar-refractivity contribution in [3.8, 4) is 0 Å². The largest absolute Gasteiger partial charge is 0.369 e. The molecule has 0 aliphatic heterocycles. The number of amides is 1. The fourth-order valence-corrected chi connectivity index (χ4v) is 2.45. The molecule has 98 valence electrons. The van der Waals surface area contributed by atoms with Crippen LogP contribution in [0.15, 0.2) is 54.9 Å². The van der Waals surface area contributed by atoms with E-state index in [1.54, 1.807) is 12.4 Å². The van der Waals surface area contributed by atoms with Gasteiger partial charge < -0.3 is 5.73 Å². The van der Waals surface area contributed by atoms with Gasteiger partial charge in [0, 0.05) is 12.4 Å². The van der Waals surface area contributed by atoms with Gasteiger partial charge in [0.05, 0.1) is 5.41 Å². The van der Waals surface area contributed by atoms with Crippen molar-refractivity contribution in [1.29, 1.82) is 0 Å². The molecule has 0 bridgehead atoms. The van der Waals surface area contributed by atoms with Gasteiger partial charge in [-0.05, 0) is 36.1 Å². The second-order valence-electron chi connectivity index (χ2n) is 4.70. The van der Waals surface area contributed by atoms with Crippen LogP contribution in [0.2, 0.25) is 0 Å². The summed E-state index contributed by atoms with van der Waals surface area (Å²) in [5.41, 5.74) is 7.08. The summed E-state index contributed by atoms with van der Waals surface area (Å²) in [6.45, 7) is 1.99. The van der Waals surface area contributed by atoms with E-state index in [9.17, 15) is 4.79 Å². The van der Waals surface area contributed by atoms with Crippen LogP contribution in [0, 0.1) is 0 Å². The summed E-state index contributed by atoms with van der Waals surface area (Å²) in [5, 5.41) is 0. The van der Waals surface area contributed by atoms with Crippen molar-refractivity contribution in [1.82, 2.24) is 4.98 Å². The number of carbonyl (C=O) groups excluding carboxylic acids is 1. The molecule has 3 heteroatoms. The van der Waals surface area contributed by atoms with Gasteiger partial charge in [0.15, 0.2) is 0 Å². The molecule has 1 heterocycles. The van der Waals surface area contributed by atoms with Crippen LogP contribution in [0.5, 0.6) is 0 Å². The third-order valence-corrected chi connectivity index (χ3v) is 3.66. The zero-order valence-corrected chi connectivity index (χ0v) is 11.0. The summed E-state index contributed by atoms with van der Waals surface area (Å²) in [6.07, 6.45) is 4.69. The molecule has 1 amide bonds. The Balaban J connectivity index is 2.44. The van der Waals surface area contributed by atoms with Crippen LogP contribution >= 0.6 is 0 Å². The molecule has 0 spiro atoms. The average Bonchev–Trinajstić information content (AvgIpc) is 2.46. The van der Waals surface area contributed by atoms with E-state index >= 15 is 0 Å². The first kappa shape index (κ1) is 13.3. The maximum atomic E-state index is 12.1. The molecule has 0 saturated carbocycles. The second kappa shape index (κ2) is 5.65. The molecule has 3 nitrogen and oxygen atoms in total. The molecule has 19 heavy (non-hydrogen) atoms. The molecule has 2 aromatic rings. The van der Waals surface area contributed by atoms with Crippen molar-refractivity contribution in [3.05, 3.63) is 66.0 Å². The first-order valence-electron chi connectivity index (χ1n) is 6.43. The van der Waals surface area contributed by atoms with Crippen molar-refractivity contribution in [2.75, 3.05) is 0 Å². The fourth-order valence-electron chi connectivity index (χ4n) is 2.45. The molecular formula is C16H18N2O. The van der Waals surface area contributed by atoms with E-state index in [1.807, 2.05) is 49.4 Å². The number of benzene rings is 1. The van der Waals surface area contributed by atoms with E-state index in [2.05, 4.69) is 4.98 Å². The monoisotopic (exact) mass is 254 g/mol. The minimum absolute atomic E-state index is 0.287. The Morgan fingerprint density at radius 1 is 1.16 bits per heavy atom. The Morgan fingerprint density at radius 3 is 2.32 bits per heavy atom. The normalized spacial score (nSPS) is 13.7. The Kier molecular flexibility index (Phi) is 3.95. The molecule has 2 rings (SSSR count). The van der Waals surface area contributed by atoms with Gasteiger partial charge in [0.25, 0.3) is 0 Å². The van der Waals surface area contributed by atoms with E-state index in [0.717, 1.165) is 11.1 Å². The van der Waals surface area contributed by atoms with Crippen LogP contribution < -0.4 is 5.73 Å². The van der Waals surface area contributed by atoms with Crippen molar-refractivity contribution in [3.63, 3.8) is 0 Å². The van der Waals surface area contributed by atoms with Gasteiger partial charge in [-0.25, -0.2) is 0 Å². The predicted molar refractivity (Wildman–Crippen MR) is 75.5 cm³/mol. The zero-order chi connectivity index (χ0) is 13.7. The lowest BCUT2D eigenvalue weighted by atomic mass is 9.73. The summed E-state index contributed by atoms with van der Waals surface area (Å²) in [7, 11) is 0. The Morgan fingerprint density at radius 2 is 1.79 bits per heavy atom. The smallest absolute Gasteiger partial charge is 0.228 e. The molecule has 0 radical (unpaired) electrons. The number of hydrogen-bond acceptors (Lipinski definition) is 2. The van der Waals surface area contributed by atoms with E-state index in [-0.39, 0.29) is 5.91 Å². The number of hydrogen-bond donors (Lipinski definition) is 1. The van der Waals surface area contributed by atoms with Crippen LogP contribution in [0.3, 0.4) is 0 Å². The van der Waals surface area contributed by atoms with Gasteiger partial charge in [-0.1, -0.05) is 37.3 Å². The van der Waals surface area contributed by atoms with Crippen molar-refractivity contribution >= 4 is 5.91 Å². The number of primary amides is 1. The first-order valence-corrected chi connectivity index (χ1v) is 6.43. The highest BCUT2D eigenvalue weighted by Crippen LogP contribution is 2.31. The highest BCUT2D eigenvalue weighted by molar-refractivity contribution is 5.87. The number of carbonyl (C=O) groups is 1. The van der Waals surface area contributed by atoms with Crippen LogP contribution in [0.4, 0.5) is 0 Å².